The van der Waals surface area contributed by atoms with Gasteiger partial charge >= 0.3 is 6.09 Å². The van der Waals surface area contributed by atoms with E-state index in [1.807, 2.05) is 62.5 Å². The summed E-state index contributed by atoms with van der Waals surface area (Å²) in [4.78, 5) is 34.3. The van der Waals surface area contributed by atoms with E-state index >= 15 is 0 Å². The third-order valence-corrected chi connectivity index (χ3v) is 6.31. The number of aromatic nitrogens is 4. The van der Waals surface area contributed by atoms with Crippen molar-refractivity contribution in [1.29, 1.82) is 0 Å². The molecule has 1 aromatic carbocycles. The first-order chi connectivity index (χ1) is 16.7. The topological polar surface area (TPSA) is 105 Å². The van der Waals surface area contributed by atoms with Crippen LogP contribution in [0.25, 0.3) is 16.6 Å². The molecule has 1 aliphatic heterocycles. The Morgan fingerprint density at radius 2 is 1.89 bits per heavy atom. The zero-order valence-electron chi connectivity index (χ0n) is 20.5. The number of hydrogen-bond donors (Lipinski definition) is 2. The monoisotopic (exact) mass is 474 g/mol. The third-order valence-electron chi connectivity index (χ3n) is 6.31. The van der Waals surface area contributed by atoms with Crippen LogP contribution in [0.15, 0.2) is 47.4 Å². The van der Waals surface area contributed by atoms with E-state index in [4.69, 9.17) is 9.84 Å². The Labute approximate surface area is 203 Å². The van der Waals surface area contributed by atoms with Gasteiger partial charge in [0, 0.05) is 31.3 Å². The Bertz CT molecular complexity index is 1460. The highest BCUT2D eigenvalue weighted by atomic mass is 16.6. The van der Waals surface area contributed by atoms with Gasteiger partial charge in [-0.25, -0.2) is 9.31 Å². The van der Waals surface area contributed by atoms with Gasteiger partial charge in [0.05, 0.1) is 33.7 Å². The lowest BCUT2D eigenvalue weighted by atomic mass is 9.93. The molecule has 1 aliphatic rings. The van der Waals surface area contributed by atoms with E-state index in [0.717, 1.165) is 46.5 Å². The minimum absolute atomic E-state index is 0.102. The van der Waals surface area contributed by atoms with Crippen molar-refractivity contribution in [2.45, 2.75) is 52.1 Å². The van der Waals surface area contributed by atoms with E-state index in [-0.39, 0.29) is 17.6 Å². The van der Waals surface area contributed by atoms with Crippen LogP contribution in [0.1, 0.15) is 50.9 Å². The summed E-state index contributed by atoms with van der Waals surface area (Å²) in [5.74, 6) is 0.102. The fourth-order valence-electron chi connectivity index (χ4n) is 4.63. The summed E-state index contributed by atoms with van der Waals surface area (Å²) in [5, 5.41) is 9.15. The molecular formula is C26H30N6O3. The second-order valence-electron chi connectivity index (χ2n) is 10.0. The first-order valence-corrected chi connectivity index (χ1v) is 11.9. The molecule has 5 rings (SSSR count). The maximum atomic E-state index is 12.7. The molecule has 2 N–H and O–H groups in total. The van der Waals surface area contributed by atoms with Crippen molar-refractivity contribution in [2.75, 3.05) is 18.4 Å². The van der Waals surface area contributed by atoms with Gasteiger partial charge in [0.1, 0.15) is 11.2 Å². The molecule has 0 atom stereocenters. The van der Waals surface area contributed by atoms with Gasteiger partial charge in [0.15, 0.2) is 0 Å². The van der Waals surface area contributed by atoms with Crippen LogP contribution < -0.4 is 10.9 Å². The van der Waals surface area contributed by atoms with Crippen molar-refractivity contribution in [3.05, 3.63) is 64.3 Å². The number of amides is 1. The van der Waals surface area contributed by atoms with Crippen molar-refractivity contribution in [3.63, 3.8) is 0 Å². The number of nitrogens with zero attached hydrogens (tertiary/aromatic N) is 4. The van der Waals surface area contributed by atoms with E-state index in [2.05, 4.69) is 15.3 Å². The minimum atomic E-state index is -0.526. The molecule has 9 nitrogen and oxygen atoms in total. The molecule has 1 saturated heterocycles. The number of hydrogen-bond acceptors (Lipinski definition) is 6. The molecule has 3 aromatic heterocycles. The SMILES string of the molecule is Cc1ncccc1Nc1cccc2nn3c(C4CCN(C(=O)OC(C)(C)C)CC4)cc(=O)[nH]c3c12. The lowest BCUT2D eigenvalue weighted by Gasteiger charge is -2.33. The fraction of sp³-hybridized carbons (Fsp3) is 0.385. The molecule has 9 heteroatoms. The van der Waals surface area contributed by atoms with E-state index < -0.39 is 5.60 Å². The van der Waals surface area contributed by atoms with Gasteiger partial charge in [0.25, 0.3) is 5.56 Å². The molecule has 0 saturated carbocycles. The number of carbonyl (C=O) groups is 1. The van der Waals surface area contributed by atoms with Crippen molar-refractivity contribution in [3.8, 4) is 0 Å². The summed E-state index contributed by atoms with van der Waals surface area (Å²) in [5.41, 5.74) is 4.22. The third kappa shape index (κ3) is 4.58. The number of nitrogens with one attached hydrogen (secondary N) is 2. The number of benzene rings is 1. The van der Waals surface area contributed by atoms with Gasteiger partial charge in [-0.15, -0.1) is 0 Å². The zero-order chi connectivity index (χ0) is 24.7. The number of piperidine rings is 1. The van der Waals surface area contributed by atoms with E-state index in [1.165, 1.54) is 0 Å². The standard InChI is InChI=1S/C26H30N6O3/c1-16-18(9-6-12-27-16)28-19-7-5-8-20-23(19)24-29-22(33)15-21(32(24)30-20)17-10-13-31(14-11-17)25(34)35-26(2,3)4/h5-9,12,15,17,28H,10-11,13-14H2,1-4H3,(H,29,33). The normalized spacial score (nSPS) is 15.0. The molecule has 1 fully saturated rings. The van der Waals surface area contributed by atoms with Crippen molar-refractivity contribution in [2.24, 2.45) is 0 Å². The number of rotatable bonds is 3. The number of aromatic amines is 1. The van der Waals surface area contributed by atoms with Gasteiger partial charge in [-0.1, -0.05) is 6.07 Å². The van der Waals surface area contributed by atoms with Crippen molar-refractivity contribution >= 4 is 34.0 Å². The molecule has 0 aliphatic carbocycles. The summed E-state index contributed by atoms with van der Waals surface area (Å²) in [6.45, 7) is 8.69. The van der Waals surface area contributed by atoms with Crippen molar-refractivity contribution < 1.29 is 9.53 Å². The first kappa shape index (κ1) is 22.9. The van der Waals surface area contributed by atoms with Crippen LogP contribution in [0, 0.1) is 6.92 Å². The molecule has 35 heavy (non-hydrogen) atoms. The zero-order valence-corrected chi connectivity index (χ0v) is 20.5. The second-order valence-corrected chi connectivity index (χ2v) is 10.0. The molecule has 1 amide bonds. The largest absolute Gasteiger partial charge is 0.444 e. The summed E-state index contributed by atoms with van der Waals surface area (Å²) in [7, 11) is 0. The first-order valence-electron chi connectivity index (χ1n) is 11.9. The Morgan fingerprint density at radius 1 is 1.14 bits per heavy atom. The fourth-order valence-corrected chi connectivity index (χ4v) is 4.63. The number of anilines is 2. The highest BCUT2D eigenvalue weighted by Crippen LogP contribution is 2.33. The number of likely N-dealkylation sites (tertiary alicyclic amines) is 1. The van der Waals surface area contributed by atoms with Crippen LogP contribution in [0.2, 0.25) is 0 Å². The lowest BCUT2D eigenvalue weighted by Crippen LogP contribution is -2.41. The number of pyridine rings is 1. The number of carbonyl (C=O) groups excluding carboxylic acids is 1. The van der Waals surface area contributed by atoms with Crippen molar-refractivity contribution in [1.82, 2.24) is 24.5 Å². The Morgan fingerprint density at radius 3 is 2.60 bits per heavy atom. The molecule has 182 valence electrons. The molecular weight excluding hydrogens is 444 g/mol. The molecule has 4 aromatic rings. The van der Waals surface area contributed by atoms with Gasteiger partial charge in [-0.3, -0.25) is 9.78 Å². The Balaban J connectivity index is 1.49. The lowest BCUT2D eigenvalue weighted by molar-refractivity contribution is 0.0203. The maximum absolute atomic E-state index is 12.7. The predicted octanol–water partition coefficient (Wildman–Crippen LogP) is 4.74. The van der Waals surface area contributed by atoms with E-state index in [0.29, 0.717) is 18.7 Å². The Kier molecular flexibility index (Phi) is 5.70. The van der Waals surface area contributed by atoms with Gasteiger partial charge in [-0.05, 0) is 64.8 Å². The van der Waals surface area contributed by atoms with Gasteiger partial charge < -0.3 is 19.9 Å². The van der Waals surface area contributed by atoms with Crippen LogP contribution in [-0.2, 0) is 4.74 Å². The molecule has 0 unspecified atom stereocenters. The Hall–Kier alpha value is -3.88. The highest BCUT2D eigenvalue weighted by molar-refractivity contribution is 6.03. The quantitative estimate of drug-likeness (QED) is 0.445. The van der Waals surface area contributed by atoms with Crippen LogP contribution in [0.3, 0.4) is 0 Å². The summed E-state index contributed by atoms with van der Waals surface area (Å²) in [6.07, 6.45) is 2.93. The van der Waals surface area contributed by atoms with Crippen LogP contribution in [0.5, 0.6) is 0 Å². The average Bonchev–Trinajstić information content (AvgIpc) is 3.18. The molecule has 0 spiro atoms. The maximum Gasteiger partial charge on any atom is 0.410 e. The summed E-state index contributed by atoms with van der Waals surface area (Å²) < 4.78 is 7.37. The number of H-pyrrole nitrogens is 1. The molecule has 0 bridgehead atoms. The number of aryl methyl sites for hydroxylation is 1. The molecule has 0 radical (unpaired) electrons. The average molecular weight is 475 g/mol. The molecule has 4 heterocycles. The smallest absolute Gasteiger partial charge is 0.410 e. The summed E-state index contributed by atoms with van der Waals surface area (Å²) in [6, 6.07) is 11.3. The minimum Gasteiger partial charge on any atom is -0.444 e. The van der Waals surface area contributed by atoms with Crippen LogP contribution >= 0.6 is 0 Å². The van der Waals surface area contributed by atoms with Crippen LogP contribution in [-0.4, -0.2) is 49.3 Å². The second kappa shape index (κ2) is 8.72. The van der Waals surface area contributed by atoms with Gasteiger partial charge in [0.2, 0.25) is 0 Å². The number of ether oxygens (including phenoxy) is 1. The van der Waals surface area contributed by atoms with Gasteiger partial charge in [-0.2, -0.15) is 5.10 Å². The summed E-state index contributed by atoms with van der Waals surface area (Å²) >= 11 is 0. The van der Waals surface area contributed by atoms with E-state index in [1.54, 1.807) is 17.2 Å². The number of fused-ring (bicyclic) bond motifs is 3. The van der Waals surface area contributed by atoms with E-state index in [9.17, 15) is 9.59 Å². The van der Waals surface area contributed by atoms with Crippen LogP contribution in [0.4, 0.5) is 16.2 Å². The predicted molar refractivity (Wildman–Crippen MR) is 135 cm³/mol. The highest BCUT2D eigenvalue weighted by Gasteiger charge is 2.29.